The fourth-order valence-corrected chi connectivity index (χ4v) is 1.10. The first kappa shape index (κ1) is 12.5. The highest BCUT2D eigenvalue weighted by Crippen LogP contribution is 2.29. The lowest BCUT2D eigenvalue weighted by atomic mass is 10.1. The van der Waals surface area contributed by atoms with E-state index in [2.05, 4.69) is 4.99 Å². The summed E-state index contributed by atoms with van der Waals surface area (Å²) in [4.78, 5) is 4.02. The van der Waals surface area contributed by atoms with Gasteiger partial charge < -0.3 is 5.73 Å². The van der Waals surface area contributed by atoms with Gasteiger partial charge in [-0.2, -0.15) is 13.2 Å². The van der Waals surface area contributed by atoms with Crippen molar-refractivity contribution >= 4 is 5.84 Å². The van der Waals surface area contributed by atoms with E-state index in [0.29, 0.717) is 24.4 Å². The maximum atomic E-state index is 12.2. The molecule has 5 heteroatoms. The van der Waals surface area contributed by atoms with E-state index >= 15 is 0 Å². The summed E-state index contributed by atoms with van der Waals surface area (Å²) in [5.74, 6) is 0.500. The molecular weight excluding hydrogens is 217 g/mol. The summed E-state index contributed by atoms with van der Waals surface area (Å²) in [6.45, 7) is 2.18. The van der Waals surface area contributed by atoms with Crippen LogP contribution in [0.1, 0.15) is 24.5 Å². The Morgan fingerprint density at radius 1 is 1.25 bits per heavy atom. The summed E-state index contributed by atoms with van der Waals surface area (Å²) in [6.07, 6.45) is -3.65. The van der Waals surface area contributed by atoms with Gasteiger partial charge in [-0.15, -0.1) is 0 Å². The van der Waals surface area contributed by atoms with Crippen molar-refractivity contribution in [3.8, 4) is 0 Å². The molecule has 0 aliphatic rings. The van der Waals surface area contributed by atoms with Gasteiger partial charge in [0.1, 0.15) is 0 Å². The highest BCUT2D eigenvalue weighted by atomic mass is 19.4. The third kappa shape index (κ3) is 3.56. The molecule has 1 aromatic rings. The molecule has 0 radical (unpaired) electrons. The SMILES string of the molecule is CCC(N)=NCc1ccc(C(F)(F)F)cc1. The minimum Gasteiger partial charge on any atom is -0.387 e. The zero-order valence-corrected chi connectivity index (χ0v) is 8.88. The van der Waals surface area contributed by atoms with Crippen molar-refractivity contribution < 1.29 is 13.2 Å². The molecule has 1 aromatic carbocycles. The van der Waals surface area contributed by atoms with Crippen LogP contribution in [0.15, 0.2) is 29.3 Å². The number of hydrogen-bond donors (Lipinski definition) is 1. The van der Waals surface area contributed by atoms with Gasteiger partial charge in [0.05, 0.1) is 17.9 Å². The second-order valence-electron chi connectivity index (χ2n) is 3.36. The molecule has 0 fully saturated rings. The topological polar surface area (TPSA) is 38.4 Å². The summed E-state index contributed by atoms with van der Waals surface area (Å²) in [6, 6.07) is 4.92. The van der Waals surface area contributed by atoms with Crippen molar-refractivity contribution in [2.45, 2.75) is 26.1 Å². The zero-order chi connectivity index (χ0) is 12.2. The molecule has 88 valence electrons. The van der Waals surface area contributed by atoms with E-state index in [1.54, 1.807) is 0 Å². The van der Waals surface area contributed by atoms with Gasteiger partial charge in [0, 0.05) is 6.42 Å². The number of nitrogens with two attached hydrogens (primary N) is 1. The van der Waals surface area contributed by atoms with Crippen LogP contribution >= 0.6 is 0 Å². The van der Waals surface area contributed by atoms with Crippen molar-refractivity contribution in [2.75, 3.05) is 0 Å². The largest absolute Gasteiger partial charge is 0.416 e. The van der Waals surface area contributed by atoms with E-state index in [-0.39, 0.29) is 0 Å². The predicted octanol–water partition coefficient (Wildman–Crippen LogP) is 2.97. The first-order valence-electron chi connectivity index (χ1n) is 4.88. The van der Waals surface area contributed by atoms with Crippen molar-refractivity contribution in [3.05, 3.63) is 35.4 Å². The van der Waals surface area contributed by atoms with Crippen molar-refractivity contribution in [1.29, 1.82) is 0 Å². The van der Waals surface area contributed by atoms with E-state index in [4.69, 9.17) is 5.73 Å². The van der Waals surface area contributed by atoms with Crippen molar-refractivity contribution in [3.63, 3.8) is 0 Å². The average Bonchev–Trinajstić information content (AvgIpc) is 2.25. The number of rotatable bonds is 3. The van der Waals surface area contributed by atoms with Gasteiger partial charge in [-0.1, -0.05) is 19.1 Å². The highest BCUT2D eigenvalue weighted by Gasteiger charge is 2.29. The Balaban J connectivity index is 2.73. The van der Waals surface area contributed by atoms with E-state index in [1.165, 1.54) is 12.1 Å². The molecule has 0 atom stereocenters. The number of halogens is 3. The zero-order valence-electron chi connectivity index (χ0n) is 8.88. The molecule has 1 rings (SSSR count). The van der Waals surface area contributed by atoms with Crippen LogP contribution in [0.2, 0.25) is 0 Å². The number of hydrogen-bond acceptors (Lipinski definition) is 1. The van der Waals surface area contributed by atoms with Crippen molar-refractivity contribution in [2.24, 2.45) is 10.7 Å². The number of aliphatic imine (C=N–C) groups is 1. The Kier molecular flexibility index (Phi) is 3.93. The lowest BCUT2D eigenvalue weighted by Crippen LogP contribution is -2.09. The first-order valence-corrected chi connectivity index (χ1v) is 4.88. The van der Waals surface area contributed by atoms with Crippen LogP contribution in [-0.2, 0) is 12.7 Å². The molecular formula is C11H13F3N2. The van der Waals surface area contributed by atoms with Gasteiger partial charge in [0.25, 0.3) is 0 Å². The van der Waals surface area contributed by atoms with Crippen LogP contribution in [0.5, 0.6) is 0 Å². The van der Waals surface area contributed by atoms with Gasteiger partial charge >= 0.3 is 6.18 Å². The van der Waals surface area contributed by atoms with Crippen molar-refractivity contribution in [1.82, 2.24) is 0 Å². The molecule has 0 saturated heterocycles. The van der Waals surface area contributed by atoms with E-state index in [0.717, 1.165) is 12.1 Å². The molecule has 16 heavy (non-hydrogen) atoms. The molecule has 2 N–H and O–H groups in total. The summed E-state index contributed by atoms with van der Waals surface area (Å²) < 4.78 is 36.7. The first-order chi connectivity index (χ1) is 7.43. The fourth-order valence-electron chi connectivity index (χ4n) is 1.10. The maximum absolute atomic E-state index is 12.2. The van der Waals surface area contributed by atoms with Gasteiger partial charge in [-0.3, -0.25) is 4.99 Å². The molecule has 0 heterocycles. The average molecular weight is 230 g/mol. The van der Waals surface area contributed by atoms with Crippen LogP contribution < -0.4 is 5.73 Å². The third-order valence-corrected chi connectivity index (χ3v) is 2.11. The number of alkyl halides is 3. The molecule has 2 nitrogen and oxygen atoms in total. The Morgan fingerprint density at radius 2 is 1.81 bits per heavy atom. The molecule has 0 saturated carbocycles. The van der Waals surface area contributed by atoms with Crippen LogP contribution in [-0.4, -0.2) is 5.84 Å². The van der Waals surface area contributed by atoms with Crippen LogP contribution in [0.4, 0.5) is 13.2 Å². The monoisotopic (exact) mass is 230 g/mol. The standard InChI is InChI=1S/C11H13F3N2/c1-2-10(15)16-7-8-3-5-9(6-4-8)11(12,13)14/h3-6H,2,7H2,1H3,(H2,15,16). The van der Waals surface area contributed by atoms with Gasteiger partial charge in [0.2, 0.25) is 0 Å². The molecule has 0 aliphatic carbocycles. The summed E-state index contributed by atoms with van der Waals surface area (Å²) in [5, 5.41) is 0. The van der Waals surface area contributed by atoms with Crippen LogP contribution in [0.25, 0.3) is 0 Å². The normalized spacial score (nSPS) is 12.9. The van der Waals surface area contributed by atoms with E-state index in [9.17, 15) is 13.2 Å². The fraction of sp³-hybridized carbons (Fsp3) is 0.364. The van der Waals surface area contributed by atoms with E-state index in [1.807, 2.05) is 6.92 Å². The predicted molar refractivity (Wildman–Crippen MR) is 57.1 cm³/mol. The minimum absolute atomic E-state index is 0.317. The molecule has 0 aromatic heterocycles. The molecule has 0 bridgehead atoms. The third-order valence-electron chi connectivity index (χ3n) is 2.11. The summed E-state index contributed by atoms with van der Waals surface area (Å²) in [7, 11) is 0. The van der Waals surface area contributed by atoms with Gasteiger partial charge in [0.15, 0.2) is 0 Å². The maximum Gasteiger partial charge on any atom is 0.416 e. The van der Waals surface area contributed by atoms with Crippen LogP contribution in [0, 0.1) is 0 Å². The molecule has 0 spiro atoms. The second kappa shape index (κ2) is 5.01. The Hall–Kier alpha value is -1.52. The Bertz CT molecular complexity index is 366. The number of benzene rings is 1. The molecule has 0 aliphatic heterocycles. The van der Waals surface area contributed by atoms with E-state index < -0.39 is 11.7 Å². The summed E-state index contributed by atoms with van der Waals surface area (Å²) >= 11 is 0. The summed E-state index contributed by atoms with van der Waals surface area (Å²) in [5.41, 5.74) is 5.55. The lowest BCUT2D eigenvalue weighted by molar-refractivity contribution is -0.137. The quantitative estimate of drug-likeness (QED) is 0.629. The van der Waals surface area contributed by atoms with Gasteiger partial charge in [-0.25, -0.2) is 0 Å². The molecule has 0 amide bonds. The van der Waals surface area contributed by atoms with Gasteiger partial charge in [-0.05, 0) is 17.7 Å². The highest BCUT2D eigenvalue weighted by molar-refractivity contribution is 5.79. The smallest absolute Gasteiger partial charge is 0.387 e. The number of amidine groups is 1. The number of nitrogens with zero attached hydrogens (tertiary/aromatic N) is 1. The van der Waals surface area contributed by atoms with Crippen LogP contribution in [0.3, 0.4) is 0 Å². The minimum atomic E-state index is -4.29. The molecule has 0 unspecified atom stereocenters. The Labute approximate surface area is 92.0 Å². The second-order valence-corrected chi connectivity index (χ2v) is 3.36. The lowest BCUT2D eigenvalue weighted by Gasteiger charge is -2.06. The Morgan fingerprint density at radius 3 is 2.25 bits per heavy atom.